The molecule has 4 heteroatoms. The quantitative estimate of drug-likeness (QED) is 0.900. The molecule has 1 aromatic heterocycles. The Morgan fingerprint density at radius 3 is 2.61 bits per heavy atom. The summed E-state index contributed by atoms with van der Waals surface area (Å²) in [6, 6.07) is 9.27. The lowest BCUT2D eigenvalue weighted by Gasteiger charge is -2.14. The van der Waals surface area contributed by atoms with Crippen LogP contribution >= 0.6 is 0 Å². The first-order chi connectivity index (χ1) is 8.58. The van der Waals surface area contributed by atoms with Gasteiger partial charge in [-0.05, 0) is 30.7 Å². The van der Waals surface area contributed by atoms with Crippen LogP contribution in [0.15, 0.2) is 47.4 Å². The molecule has 2 aromatic rings. The fourth-order valence-corrected chi connectivity index (χ4v) is 1.83. The van der Waals surface area contributed by atoms with Gasteiger partial charge in [0.15, 0.2) is 0 Å². The summed E-state index contributed by atoms with van der Waals surface area (Å²) in [6.45, 7) is 2.15. The molecule has 94 valence electrons. The van der Waals surface area contributed by atoms with E-state index in [0.29, 0.717) is 12.1 Å². The summed E-state index contributed by atoms with van der Waals surface area (Å²) < 4.78 is 14.4. The van der Waals surface area contributed by atoms with Gasteiger partial charge in [0.05, 0.1) is 0 Å². The van der Waals surface area contributed by atoms with Crippen molar-refractivity contribution in [2.75, 3.05) is 0 Å². The molecule has 0 fully saturated rings. The van der Waals surface area contributed by atoms with Crippen LogP contribution in [0.3, 0.4) is 0 Å². The summed E-state index contributed by atoms with van der Waals surface area (Å²) in [7, 11) is 0. The molecule has 1 atom stereocenters. The third kappa shape index (κ3) is 2.65. The molecule has 2 rings (SSSR count). The molecule has 0 aliphatic carbocycles. The van der Waals surface area contributed by atoms with Gasteiger partial charge in [-0.15, -0.1) is 0 Å². The largest absolute Gasteiger partial charge is 0.322 e. The maximum Gasteiger partial charge on any atom is 0.253 e. The maximum atomic E-state index is 12.8. The summed E-state index contributed by atoms with van der Waals surface area (Å²) in [4.78, 5) is 11.8. The standard InChI is InChI=1S/C14H15FN2O/c1-10-3-2-8-17(14(10)18)9-13(16)11-4-6-12(15)7-5-11/h2-8,13H,9,16H2,1H3. The van der Waals surface area contributed by atoms with Crippen molar-refractivity contribution in [3.63, 3.8) is 0 Å². The molecular weight excluding hydrogens is 231 g/mol. The van der Waals surface area contributed by atoms with Crippen LogP contribution in [0.1, 0.15) is 17.2 Å². The van der Waals surface area contributed by atoms with Crippen molar-refractivity contribution in [3.8, 4) is 0 Å². The van der Waals surface area contributed by atoms with E-state index in [9.17, 15) is 9.18 Å². The Kier molecular flexibility index (Phi) is 3.58. The Balaban J connectivity index is 2.21. The van der Waals surface area contributed by atoms with Gasteiger partial charge in [0.2, 0.25) is 0 Å². The highest BCUT2D eigenvalue weighted by Gasteiger charge is 2.08. The van der Waals surface area contributed by atoms with Crippen molar-refractivity contribution >= 4 is 0 Å². The molecule has 2 N–H and O–H groups in total. The molecule has 0 aliphatic heterocycles. The number of hydrogen-bond acceptors (Lipinski definition) is 2. The monoisotopic (exact) mass is 246 g/mol. The molecule has 0 saturated carbocycles. The third-order valence-electron chi connectivity index (χ3n) is 2.90. The van der Waals surface area contributed by atoms with Crippen LogP contribution in [-0.2, 0) is 6.54 Å². The van der Waals surface area contributed by atoms with E-state index >= 15 is 0 Å². The topological polar surface area (TPSA) is 48.0 Å². The SMILES string of the molecule is Cc1cccn(CC(N)c2ccc(F)cc2)c1=O. The van der Waals surface area contributed by atoms with Crippen LogP contribution in [0, 0.1) is 12.7 Å². The number of rotatable bonds is 3. The Bertz CT molecular complexity index is 589. The molecule has 0 bridgehead atoms. The third-order valence-corrected chi connectivity index (χ3v) is 2.90. The molecule has 0 radical (unpaired) electrons. The van der Waals surface area contributed by atoms with Crippen molar-refractivity contribution in [1.29, 1.82) is 0 Å². The van der Waals surface area contributed by atoms with E-state index in [1.54, 1.807) is 35.9 Å². The van der Waals surface area contributed by atoms with Gasteiger partial charge < -0.3 is 10.3 Å². The van der Waals surface area contributed by atoms with E-state index in [2.05, 4.69) is 0 Å². The fourth-order valence-electron chi connectivity index (χ4n) is 1.83. The zero-order valence-corrected chi connectivity index (χ0v) is 10.1. The highest BCUT2D eigenvalue weighted by Crippen LogP contribution is 2.12. The van der Waals surface area contributed by atoms with Crippen LogP contribution < -0.4 is 11.3 Å². The van der Waals surface area contributed by atoms with Crippen molar-refractivity contribution in [2.24, 2.45) is 5.73 Å². The van der Waals surface area contributed by atoms with E-state index in [1.165, 1.54) is 12.1 Å². The highest BCUT2D eigenvalue weighted by molar-refractivity contribution is 5.19. The van der Waals surface area contributed by atoms with E-state index in [-0.39, 0.29) is 17.4 Å². The summed E-state index contributed by atoms with van der Waals surface area (Å²) in [6.07, 6.45) is 1.71. The van der Waals surface area contributed by atoms with Crippen molar-refractivity contribution in [1.82, 2.24) is 4.57 Å². The molecule has 0 saturated heterocycles. The summed E-state index contributed by atoms with van der Waals surface area (Å²) in [5.41, 5.74) is 7.46. The van der Waals surface area contributed by atoms with Crippen LogP contribution in [0.2, 0.25) is 0 Å². The minimum absolute atomic E-state index is 0.0462. The predicted molar refractivity (Wildman–Crippen MR) is 68.8 cm³/mol. The van der Waals surface area contributed by atoms with Gasteiger partial charge >= 0.3 is 0 Å². The van der Waals surface area contributed by atoms with Gasteiger partial charge in [-0.2, -0.15) is 0 Å². The van der Waals surface area contributed by atoms with Crippen LogP contribution in [0.4, 0.5) is 4.39 Å². The summed E-state index contributed by atoms with van der Waals surface area (Å²) in [5.74, 6) is -0.293. The smallest absolute Gasteiger partial charge is 0.253 e. The molecular formula is C14H15FN2O. The molecule has 0 spiro atoms. The van der Waals surface area contributed by atoms with Gasteiger partial charge in [-0.25, -0.2) is 4.39 Å². The molecule has 0 aliphatic rings. The first-order valence-corrected chi connectivity index (χ1v) is 5.75. The first-order valence-electron chi connectivity index (χ1n) is 5.75. The van der Waals surface area contributed by atoms with E-state index in [1.807, 2.05) is 6.07 Å². The summed E-state index contributed by atoms with van der Waals surface area (Å²) in [5, 5.41) is 0. The Morgan fingerprint density at radius 2 is 1.94 bits per heavy atom. The fraction of sp³-hybridized carbons (Fsp3) is 0.214. The number of aryl methyl sites for hydroxylation is 1. The normalized spacial score (nSPS) is 12.4. The number of hydrogen-bond donors (Lipinski definition) is 1. The number of halogens is 1. The Labute approximate surface area is 105 Å². The van der Waals surface area contributed by atoms with Crippen LogP contribution in [0.5, 0.6) is 0 Å². The number of benzene rings is 1. The van der Waals surface area contributed by atoms with Gasteiger partial charge in [0.1, 0.15) is 5.82 Å². The molecule has 1 heterocycles. The second-order valence-electron chi connectivity index (χ2n) is 4.31. The lowest BCUT2D eigenvalue weighted by molar-refractivity contribution is 0.557. The molecule has 18 heavy (non-hydrogen) atoms. The Hall–Kier alpha value is -1.94. The van der Waals surface area contributed by atoms with Gasteiger partial charge in [0.25, 0.3) is 5.56 Å². The highest BCUT2D eigenvalue weighted by atomic mass is 19.1. The van der Waals surface area contributed by atoms with Gasteiger partial charge in [0, 0.05) is 24.3 Å². The first kappa shape index (κ1) is 12.5. The average molecular weight is 246 g/mol. The number of nitrogens with zero attached hydrogens (tertiary/aromatic N) is 1. The molecule has 1 aromatic carbocycles. The molecule has 0 amide bonds. The number of nitrogens with two attached hydrogens (primary N) is 1. The van der Waals surface area contributed by atoms with Crippen molar-refractivity contribution in [2.45, 2.75) is 19.5 Å². The van der Waals surface area contributed by atoms with Crippen molar-refractivity contribution in [3.05, 3.63) is 69.9 Å². The second kappa shape index (κ2) is 5.14. The lowest BCUT2D eigenvalue weighted by atomic mass is 10.1. The maximum absolute atomic E-state index is 12.8. The number of pyridine rings is 1. The molecule has 1 unspecified atom stereocenters. The zero-order chi connectivity index (χ0) is 13.1. The zero-order valence-electron chi connectivity index (χ0n) is 10.1. The van der Waals surface area contributed by atoms with Crippen LogP contribution in [-0.4, -0.2) is 4.57 Å². The second-order valence-corrected chi connectivity index (χ2v) is 4.31. The van der Waals surface area contributed by atoms with Crippen LogP contribution in [0.25, 0.3) is 0 Å². The minimum atomic E-state index is -0.329. The van der Waals surface area contributed by atoms with Gasteiger partial charge in [-0.1, -0.05) is 18.2 Å². The minimum Gasteiger partial charge on any atom is -0.322 e. The van der Waals surface area contributed by atoms with E-state index < -0.39 is 0 Å². The van der Waals surface area contributed by atoms with Gasteiger partial charge in [-0.3, -0.25) is 4.79 Å². The predicted octanol–water partition coefficient (Wildman–Crippen LogP) is 2.00. The lowest BCUT2D eigenvalue weighted by Crippen LogP contribution is -2.27. The van der Waals surface area contributed by atoms with E-state index in [4.69, 9.17) is 5.73 Å². The summed E-state index contributed by atoms with van der Waals surface area (Å²) >= 11 is 0. The van der Waals surface area contributed by atoms with Crippen molar-refractivity contribution < 1.29 is 4.39 Å². The van der Waals surface area contributed by atoms with E-state index in [0.717, 1.165) is 5.56 Å². The number of aromatic nitrogens is 1. The average Bonchev–Trinajstić information content (AvgIpc) is 2.36. The molecule has 3 nitrogen and oxygen atoms in total. The Morgan fingerprint density at radius 1 is 1.28 bits per heavy atom.